The number of rotatable bonds is 10. The average molecular weight is 563 g/mol. The van der Waals surface area contributed by atoms with Gasteiger partial charge < -0.3 is 10.1 Å². The Hall–Kier alpha value is -3.82. The molecule has 0 fully saturated rings. The Bertz CT molecular complexity index is 1550. The number of nitrogens with one attached hydrogen (secondary N) is 1. The molecule has 7 nitrogen and oxygen atoms in total. The van der Waals surface area contributed by atoms with Crippen LogP contribution < -0.4 is 5.32 Å². The molecule has 0 bridgehead atoms. The molecule has 0 radical (unpaired) electrons. The highest BCUT2D eigenvalue weighted by atomic mass is 32.2. The predicted octanol–water partition coefficient (Wildman–Crippen LogP) is 5.45. The van der Waals surface area contributed by atoms with Crippen molar-refractivity contribution in [1.29, 1.82) is 0 Å². The predicted molar refractivity (Wildman–Crippen MR) is 153 cm³/mol. The number of hydrogen-bond donors (Lipinski definition) is 1. The number of methoxy groups -OCH3 is 1. The fraction of sp³-hybridized carbons (Fsp3) is 0.233. The number of hydrogen-bond acceptors (Lipinski definition) is 7. The van der Waals surface area contributed by atoms with Crippen LogP contribution in [0.25, 0.3) is 0 Å². The van der Waals surface area contributed by atoms with Gasteiger partial charge in [0.1, 0.15) is 0 Å². The minimum Gasteiger partial charge on any atom is -0.465 e. The summed E-state index contributed by atoms with van der Waals surface area (Å²) >= 11 is 1.46. The van der Waals surface area contributed by atoms with Crippen LogP contribution in [-0.2, 0) is 38.6 Å². The lowest BCUT2D eigenvalue weighted by atomic mass is 9.89. The third-order valence-corrected chi connectivity index (χ3v) is 8.60. The second-order valence-electron chi connectivity index (χ2n) is 9.28. The highest BCUT2D eigenvalue weighted by Gasteiger charge is 2.23. The van der Waals surface area contributed by atoms with Crippen LogP contribution in [0.2, 0.25) is 0 Å². The van der Waals surface area contributed by atoms with Gasteiger partial charge in [0.25, 0.3) is 0 Å². The van der Waals surface area contributed by atoms with Crippen molar-refractivity contribution in [2.45, 2.75) is 37.0 Å². The third kappa shape index (κ3) is 7.40. The van der Waals surface area contributed by atoms with E-state index in [1.165, 1.54) is 31.6 Å². The Morgan fingerprint density at radius 1 is 0.923 bits per heavy atom. The zero-order valence-electron chi connectivity index (χ0n) is 22.0. The van der Waals surface area contributed by atoms with Gasteiger partial charge in [-0.15, -0.1) is 11.3 Å². The topological polar surface area (TPSA) is 102 Å². The molecular weight excluding hydrogens is 532 g/mol. The standard InChI is InChI=1S/C30H30N2O5S2/c1-20(33)31-30-32-27(18-13-21-9-14-24(15-10-21)29(34)37-2)28(38-30)26(23-7-5-4-6-8-23)19-22-11-16-25(17-12-22)39(3,35)36/h4-12,14-17,26H,13,18-19H2,1-3H3,(H,31,32,33). The zero-order chi connectivity index (χ0) is 28.0. The molecule has 1 unspecified atom stereocenters. The first-order valence-electron chi connectivity index (χ1n) is 12.4. The quantitative estimate of drug-likeness (QED) is 0.258. The number of anilines is 1. The van der Waals surface area contributed by atoms with Crippen LogP contribution >= 0.6 is 11.3 Å². The van der Waals surface area contributed by atoms with Crippen molar-refractivity contribution in [3.8, 4) is 0 Å². The molecule has 3 aromatic carbocycles. The largest absolute Gasteiger partial charge is 0.465 e. The van der Waals surface area contributed by atoms with Gasteiger partial charge >= 0.3 is 5.97 Å². The first kappa shape index (κ1) is 28.2. The normalized spacial score (nSPS) is 12.1. The Kier molecular flexibility index (Phi) is 8.93. The molecule has 9 heteroatoms. The van der Waals surface area contributed by atoms with Gasteiger partial charge in [-0.3, -0.25) is 4.79 Å². The van der Waals surface area contributed by atoms with Crippen molar-refractivity contribution in [1.82, 2.24) is 4.98 Å². The monoisotopic (exact) mass is 562 g/mol. The maximum Gasteiger partial charge on any atom is 0.337 e. The number of aryl methyl sites for hydroxylation is 2. The fourth-order valence-electron chi connectivity index (χ4n) is 4.36. The summed E-state index contributed by atoms with van der Waals surface area (Å²) in [6.45, 7) is 1.46. The minimum absolute atomic E-state index is 0.0491. The van der Waals surface area contributed by atoms with Crippen molar-refractivity contribution >= 4 is 38.2 Å². The molecule has 0 aliphatic carbocycles. The maximum atomic E-state index is 11.9. The van der Waals surface area contributed by atoms with Crippen molar-refractivity contribution in [3.05, 3.63) is 112 Å². The Labute approximate surface area is 232 Å². The van der Waals surface area contributed by atoms with E-state index in [9.17, 15) is 18.0 Å². The van der Waals surface area contributed by atoms with Gasteiger partial charge in [-0.25, -0.2) is 18.2 Å². The number of esters is 1. The summed E-state index contributed by atoms with van der Waals surface area (Å²) in [7, 11) is -1.93. The maximum absolute atomic E-state index is 11.9. The molecule has 1 N–H and O–H groups in total. The Morgan fingerprint density at radius 3 is 2.15 bits per heavy atom. The van der Waals surface area contributed by atoms with Crippen molar-refractivity contribution in [3.63, 3.8) is 0 Å². The lowest BCUT2D eigenvalue weighted by molar-refractivity contribution is -0.114. The van der Waals surface area contributed by atoms with Gasteiger partial charge in [-0.2, -0.15) is 0 Å². The number of thiazole rings is 1. The van der Waals surface area contributed by atoms with Crippen LogP contribution in [0.3, 0.4) is 0 Å². The number of carbonyl (C=O) groups is 2. The van der Waals surface area contributed by atoms with Gasteiger partial charge in [0, 0.05) is 24.0 Å². The van der Waals surface area contributed by atoms with E-state index >= 15 is 0 Å². The van der Waals surface area contributed by atoms with E-state index in [0.717, 1.165) is 27.3 Å². The van der Waals surface area contributed by atoms with E-state index in [-0.39, 0.29) is 22.7 Å². The summed E-state index contributed by atoms with van der Waals surface area (Å²) in [5.41, 5.74) is 4.54. The molecule has 1 atom stereocenters. The highest BCUT2D eigenvalue weighted by Crippen LogP contribution is 2.37. The van der Waals surface area contributed by atoms with Crippen molar-refractivity contribution in [2.75, 3.05) is 18.7 Å². The Morgan fingerprint density at radius 2 is 1.56 bits per heavy atom. The SMILES string of the molecule is COC(=O)c1ccc(CCc2nc(NC(C)=O)sc2C(Cc2ccc(S(C)(=O)=O)cc2)c2ccccc2)cc1. The molecule has 1 heterocycles. The fourth-order valence-corrected chi connectivity index (χ4v) is 6.18. The van der Waals surface area contributed by atoms with E-state index in [1.807, 2.05) is 42.5 Å². The summed E-state index contributed by atoms with van der Waals surface area (Å²) in [5, 5.41) is 3.38. The lowest BCUT2D eigenvalue weighted by Gasteiger charge is -2.18. The lowest BCUT2D eigenvalue weighted by Crippen LogP contribution is -2.08. The second kappa shape index (κ2) is 12.4. The van der Waals surface area contributed by atoms with E-state index in [0.29, 0.717) is 30.0 Å². The first-order chi connectivity index (χ1) is 18.6. The third-order valence-electron chi connectivity index (χ3n) is 6.35. The molecular formula is C30H30N2O5S2. The number of benzene rings is 3. The van der Waals surface area contributed by atoms with Gasteiger partial charge in [0.15, 0.2) is 15.0 Å². The van der Waals surface area contributed by atoms with E-state index in [1.54, 1.807) is 24.3 Å². The van der Waals surface area contributed by atoms with Crippen LogP contribution in [0.4, 0.5) is 5.13 Å². The van der Waals surface area contributed by atoms with E-state index in [4.69, 9.17) is 9.72 Å². The average Bonchev–Trinajstić information content (AvgIpc) is 3.32. The van der Waals surface area contributed by atoms with Crippen LogP contribution in [0, 0.1) is 0 Å². The second-order valence-corrected chi connectivity index (χ2v) is 12.3. The minimum atomic E-state index is -3.28. The van der Waals surface area contributed by atoms with E-state index in [2.05, 4.69) is 17.4 Å². The molecule has 4 aromatic rings. The summed E-state index contributed by atoms with van der Waals surface area (Å²) in [6.07, 6.45) is 3.17. The molecule has 0 spiro atoms. The van der Waals surface area contributed by atoms with Crippen molar-refractivity contribution in [2.24, 2.45) is 0 Å². The zero-order valence-corrected chi connectivity index (χ0v) is 23.6. The van der Waals surface area contributed by atoms with Gasteiger partial charge in [-0.1, -0.05) is 54.6 Å². The molecule has 202 valence electrons. The molecule has 39 heavy (non-hydrogen) atoms. The summed E-state index contributed by atoms with van der Waals surface area (Å²) in [6, 6.07) is 24.4. The molecule has 1 aromatic heterocycles. The molecule has 0 saturated heterocycles. The van der Waals surface area contributed by atoms with Gasteiger partial charge in [0.05, 0.1) is 23.3 Å². The summed E-state index contributed by atoms with van der Waals surface area (Å²) in [5.74, 6) is -0.613. The first-order valence-corrected chi connectivity index (χ1v) is 15.1. The number of carbonyl (C=O) groups excluding carboxylic acids is 2. The molecule has 4 rings (SSSR count). The number of aromatic nitrogens is 1. The van der Waals surface area contributed by atoms with Gasteiger partial charge in [0.2, 0.25) is 5.91 Å². The number of sulfone groups is 1. The summed E-state index contributed by atoms with van der Waals surface area (Å²) in [4.78, 5) is 29.7. The van der Waals surface area contributed by atoms with Crippen LogP contribution in [0.5, 0.6) is 0 Å². The number of amides is 1. The molecule has 1 amide bonds. The van der Waals surface area contributed by atoms with E-state index < -0.39 is 9.84 Å². The smallest absolute Gasteiger partial charge is 0.337 e. The van der Waals surface area contributed by atoms with Crippen LogP contribution in [-0.4, -0.2) is 38.6 Å². The molecule has 0 aliphatic rings. The number of ether oxygens (including phenoxy) is 1. The van der Waals surface area contributed by atoms with Crippen molar-refractivity contribution < 1.29 is 22.7 Å². The number of nitrogens with zero attached hydrogens (tertiary/aromatic N) is 1. The highest BCUT2D eigenvalue weighted by molar-refractivity contribution is 7.90. The summed E-state index contributed by atoms with van der Waals surface area (Å²) < 4.78 is 28.7. The van der Waals surface area contributed by atoms with Crippen LogP contribution in [0.1, 0.15) is 50.5 Å². The molecule has 0 aliphatic heterocycles. The van der Waals surface area contributed by atoms with Gasteiger partial charge in [-0.05, 0) is 60.2 Å². The molecule has 0 saturated carbocycles. The Balaban J connectivity index is 1.67. The van der Waals surface area contributed by atoms with Crippen LogP contribution in [0.15, 0.2) is 83.8 Å².